The summed E-state index contributed by atoms with van der Waals surface area (Å²) >= 11 is 3.46. The van der Waals surface area contributed by atoms with Crippen molar-refractivity contribution < 1.29 is 9.53 Å². The molecular weight excluding hydrogens is 244 g/mol. The third-order valence-corrected chi connectivity index (χ3v) is 4.02. The van der Waals surface area contributed by atoms with E-state index in [4.69, 9.17) is 4.74 Å². The van der Waals surface area contributed by atoms with Crippen molar-refractivity contribution in [3.8, 4) is 0 Å². The van der Waals surface area contributed by atoms with Crippen LogP contribution in [0.1, 0.15) is 39.5 Å². The minimum absolute atomic E-state index is 0.0911. The van der Waals surface area contributed by atoms with Gasteiger partial charge in [0.1, 0.15) is 4.83 Å². The van der Waals surface area contributed by atoms with Gasteiger partial charge in [-0.25, -0.2) is 0 Å². The Balaban J connectivity index is 2.42. The molecular formula is C11H19BrO2. The Labute approximate surface area is 94.5 Å². The third-order valence-electron chi connectivity index (χ3n) is 2.90. The third kappa shape index (κ3) is 3.26. The molecule has 0 aromatic rings. The molecule has 0 saturated heterocycles. The fourth-order valence-corrected chi connectivity index (χ4v) is 2.77. The number of hydrogen-bond acceptors (Lipinski definition) is 2. The van der Waals surface area contributed by atoms with Gasteiger partial charge in [0.2, 0.25) is 0 Å². The van der Waals surface area contributed by atoms with Gasteiger partial charge in [0.25, 0.3) is 0 Å². The molecule has 0 radical (unpaired) electrons. The maximum absolute atomic E-state index is 11.5. The summed E-state index contributed by atoms with van der Waals surface area (Å²) in [7, 11) is 0. The molecule has 1 aliphatic carbocycles. The van der Waals surface area contributed by atoms with E-state index in [1.807, 2.05) is 6.92 Å². The van der Waals surface area contributed by atoms with Gasteiger partial charge in [-0.2, -0.15) is 0 Å². The molecule has 0 aromatic heterocycles. The molecule has 0 unspecified atom stereocenters. The molecule has 0 bridgehead atoms. The molecule has 1 rings (SSSR count). The van der Waals surface area contributed by atoms with E-state index in [2.05, 4.69) is 22.9 Å². The maximum Gasteiger partial charge on any atom is 0.319 e. The van der Waals surface area contributed by atoms with Gasteiger partial charge in [0.15, 0.2) is 0 Å². The Morgan fingerprint density at radius 2 is 2.29 bits per heavy atom. The van der Waals surface area contributed by atoms with Crippen molar-refractivity contribution in [2.24, 2.45) is 11.8 Å². The number of hydrogen-bond donors (Lipinski definition) is 0. The van der Waals surface area contributed by atoms with E-state index in [0.717, 1.165) is 18.8 Å². The molecule has 3 heteroatoms. The normalized spacial score (nSPS) is 29.6. The lowest BCUT2D eigenvalue weighted by atomic mass is 9.81. The van der Waals surface area contributed by atoms with Crippen molar-refractivity contribution in [3.05, 3.63) is 0 Å². The highest BCUT2D eigenvalue weighted by Crippen LogP contribution is 2.34. The molecule has 0 N–H and O–H groups in total. The smallest absolute Gasteiger partial charge is 0.319 e. The minimum Gasteiger partial charge on any atom is -0.465 e. The van der Waals surface area contributed by atoms with E-state index in [-0.39, 0.29) is 10.8 Å². The van der Waals surface area contributed by atoms with Crippen molar-refractivity contribution >= 4 is 21.9 Å². The summed E-state index contributed by atoms with van der Waals surface area (Å²) in [6.45, 7) is 4.58. The lowest BCUT2D eigenvalue weighted by Gasteiger charge is -2.29. The highest BCUT2D eigenvalue weighted by Gasteiger charge is 2.30. The SMILES string of the molecule is CCOC(=O)[C@H](Br)[C@@H]1CCC[C@@H](C)C1. The van der Waals surface area contributed by atoms with Crippen molar-refractivity contribution in [1.82, 2.24) is 0 Å². The van der Waals surface area contributed by atoms with Gasteiger partial charge in [-0.15, -0.1) is 0 Å². The van der Waals surface area contributed by atoms with Gasteiger partial charge in [0.05, 0.1) is 6.61 Å². The lowest BCUT2D eigenvalue weighted by Crippen LogP contribution is -2.29. The van der Waals surface area contributed by atoms with Crippen LogP contribution in [-0.4, -0.2) is 17.4 Å². The summed E-state index contributed by atoms with van der Waals surface area (Å²) in [5, 5.41) is 0. The number of carbonyl (C=O) groups excluding carboxylic acids is 1. The number of ether oxygens (including phenoxy) is 1. The second-order valence-electron chi connectivity index (χ2n) is 4.19. The number of esters is 1. The summed E-state index contributed by atoms with van der Waals surface area (Å²) in [4.78, 5) is 11.4. The molecule has 0 spiro atoms. The second-order valence-corrected chi connectivity index (χ2v) is 5.17. The average molecular weight is 263 g/mol. The minimum atomic E-state index is -0.0924. The monoisotopic (exact) mass is 262 g/mol. The van der Waals surface area contributed by atoms with Gasteiger partial charge >= 0.3 is 5.97 Å². The number of rotatable bonds is 3. The molecule has 1 aliphatic rings. The van der Waals surface area contributed by atoms with Crippen molar-refractivity contribution in [2.75, 3.05) is 6.61 Å². The molecule has 0 amide bonds. The first-order chi connectivity index (χ1) is 6.65. The van der Waals surface area contributed by atoms with E-state index in [9.17, 15) is 4.79 Å². The Hall–Kier alpha value is -0.0500. The first-order valence-corrected chi connectivity index (χ1v) is 6.37. The Kier molecular flexibility index (Phi) is 4.93. The van der Waals surface area contributed by atoms with Crippen LogP contribution in [0.25, 0.3) is 0 Å². The predicted octanol–water partition coefficient (Wildman–Crippen LogP) is 3.14. The largest absolute Gasteiger partial charge is 0.465 e. The second kappa shape index (κ2) is 5.74. The highest BCUT2D eigenvalue weighted by atomic mass is 79.9. The summed E-state index contributed by atoms with van der Waals surface area (Å²) in [5.41, 5.74) is 0. The summed E-state index contributed by atoms with van der Waals surface area (Å²) < 4.78 is 5.01. The standard InChI is InChI=1S/C11H19BrO2/c1-3-14-11(13)10(12)9-6-4-5-8(2)7-9/h8-10H,3-7H2,1-2H3/t8-,9-,10-/m1/s1. The van der Waals surface area contributed by atoms with Gasteiger partial charge in [-0.05, 0) is 31.6 Å². The number of carbonyl (C=O) groups is 1. The van der Waals surface area contributed by atoms with Crippen molar-refractivity contribution in [3.63, 3.8) is 0 Å². The average Bonchev–Trinajstić information content (AvgIpc) is 2.17. The molecule has 14 heavy (non-hydrogen) atoms. The quantitative estimate of drug-likeness (QED) is 0.577. The summed E-state index contributed by atoms with van der Waals surface area (Å²) in [6, 6.07) is 0. The Bertz CT molecular complexity index is 194. The van der Waals surface area contributed by atoms with Crippen molar-refractivity contribution in [2.45, 2.75) is 44.4 Å². The Morgan fingerprint density at radius 1 is 1.57 bits per heavy atom. The van der Waals surface area contributed by atoms with Gasteiger partial charge in [0, 0.05) is 0 Å². The zero-order valence-corrected chi connectivity index (χ0v) is 10.5. The molecule has 82 valence electrons. The molecule has 2 nitrogen and oxygen atoms in total. The maximum atomic E-state index is 11.5. The highest BCUT2D eigenvalue weighted by molar-refractivity contribution is 9.10. The van der Waals surface area contributed by atoms with Crippen LogP contribution in [0.15, 0.2) is 0 Å². The first-order valence-electron chi connectivity index (χ1n) is 5.45. The van der Waals surface area contributed by atoms with E-state index < -0.39 is 0 Å². The zero-order valence-electron chi connectivity index (χ0n) is 8.96. The van der Waals surface area contributed by atoms with E-state index in [0.29, 0.717) is 12.5 Å². The van der Waals surface area contributed by atoms with Crippen LogP contribution >= 0.6 is 15.9 Å². The predicted molar refractivity (Wildman–Crippen MR) is 60.5 cm³/mol. The van der Waals surface area contributed by atoms with E-state index in [1.54, 1.807) is 0 Å². The van der Waals surface area contributed by atoms with Gasteiger partial charge < -0.3 is 4.74 Å². The Morgan fingerprint density at radius 3 is 2.86 bits per heavy atom. The number of alkyl halides is 1. The van der Waals surface area contributed by atoms with Crippen LogP contribution < -0.4 is 0 Å². The zero-order chi connectivity index (χ0) is 10.6. The van der Waals surface area contributed by atoms with Crippen LogP contribution in [0.2, 0.25) is 0 Å². The molecule has 0 heterocycles. The topological polar surface area (TPSA) is 26.3 Å². The van der Waals surface area contributed by atoms with Crippen LogP contribution in [0.5, 0.6) is 0 Å². The fraction of sp³-hybridized carbons (Fsp3) is 0.909. The molecule has 3 atom stereocenters. The summed E-state index contributed by atoms with van der Waals surface area (Å²) in [5.74, 6) is 1.13. The number of halogens is 1. The van der Waals surface area contributed by atoms with Crippen LogP contribution in [0.4, 0.5) is 0 Å². The van der Waals surface area contributed by atoms with Crippen molar-refractivity contribution in [1.29, 1.82) is 0 Å². The molecule has 1 saturated carbocycles. The van der Waals surface area contributed by atoms with Crippen LogP contribution in [-0.2, 0) is 9.53 Å². The van der Waals surface area contributed by atoms with Crippen LogP contribution in [0.3, 0.4) is 0 Å². The van der Waals surface area contributed by atoms with E-state index >= 15 is 0 Å². The lowest BCUT2D eigenvalue weighted by molar-refractivity contribution is -0.143. The molecule has 0 aromatic carbocycles. The van der Waals surface area contributed by atoms with E-state index in [1.165, 1.54) is 12.8 Å². The van der Waals surface area contributed by atoms with Crippen LogP contribution in [0, 0.1) is 11.8 Å². The molecule has 1 fully saturated rings. The first kappa shape index (κ1) is 12.0. The van der Waals surface area contributed by atoms with Gasteiger partial charge in [-0.3, -0.25) is 4.79 Å². The van der Waals surface area contributed by atoms with Gasteiger partial charge in [-0.1, -0.05) is 35.7 Å². The fourth-order valence-electron chi connectivity index (χ4n) is 2.16. The molecule has 0 aliphatic heterocycles. The summed E-state index contributed by atoms with van der Waals surface area (Å²) in [6.07, 6.45) is 4.85.